The fraction of sp³-hybridized carbons (Fsp3) is 0.867. The summed E-state index contributed by atoms with van der Waals surface area (Å²) < 4.78 is 0. The van der Waals surface area contributed by atoms with Gasteiger partial charge < -0.3 is 10.4 Å². The highest BCUT2D eigenvalue weighted by Gasteiger charge is 2.32. The van der Waals surface area contributed by atoms with Gasteiger partial charge in [0.1, 0.15) is 0 Å². The summed E-state index contributed by atoms with van der Waals surface area (Å²) in [4.78, 5) is 25.1. The van der Waals surface area contributed by atoms with Crippen LogP contribution in [0.3, 0.4) is 0 Å². The van der Waals surface area contributed by atoms with Crippen LogP contribution in [-0.2, 0) is 9.59 Å². The molecule has 0 aliphatic carbocycles. The number of amides is 1. The van der Waals surface area contributed by atoms with E-state index in [1.54, 1.807) is 0 Å². The minimum absolute atomic E-state index is 0.0338. The number of hydrogen-bond donors (Lipinski definition) is 2. The van der Waals surface area contributed by atoms with E-state index in [1.807, 2.05) is 53.4 Å². The molecule has 5 nitrogen and oxygen atoms in total. The second-order valence-electron chi connectivity index (χ2n) is 6.91. The number of carbonyl (C=O) groups is 2. The van der Waals surface area contributed by atoms with Crippen LogP contribution < -0.4 is 5.32 Å². The lowest BCUT2D eigenvalue weighted by Gasteiger charge is -2.40. The van der Waals surface area contributed by atoms with Crippen LogP contribution in [0, 0.1) is 0 Å². The van der Waals surface area contributed by atoms with E-state index < -0.39 is 5.97 Å². The average Bonchev–Trinajstić information content (AvgIpc) is 2.26. The summed E-state index contributed by atoms with van der Waals surface area (Å²) in [6, 6.07) is -0.361. The molecular formula is C15H30N2O3. The Labute approximate surface area is 122 Å². The Morgan fingerprint density at radius 2 is 1.70 bits per heavy atom. The molecule has 0 spiro atoms. The van der Waals surface area contributed by atoms with Gasteiger partial charge in [-0.25, -0.2) is 0 Å². The summed E-state index contributed by atoms with van der Waals surface area (Å²) in [5.41, 5.74) is -0.510. The van der Waals surface area contributed by atoms with E-state index in [1.165, 1.54) is 0 Å². The van der Waals surface area contributed by atoms with Crippen LogP contribution in [0.5, 0.6) is 0 Å². The van der Waals surface area contributed by atoms with Gasteiger partial charge in [0.05, 0.1) is 12.5 Å². The lowest BCUT2D eigenvalue weighted by Crippen LogP contribution is -2.57. The van der Waals surface area contributed by atoms with Gasteiger partial charge in [0.15, 0.2) is 0 Å². The molecule has 0 saturated carbocycles. The molecule has 0 saturated heterocycles. The topological polar surface area (TPSA) is 69.6 Å². The van der Waals surface area contributed by atoms with Crippen molar-refractivity contribution in [2.24, 2.45) is 0 Å². The van der Waals surface area contributed by atoms with Crippen molar-refractivity contribution in [1.82, 2.24) is 10.2 Å². The number of nitrogens with zero attached hydrogens (tertiary/aromatic N) is 1. The standard InChI is InChI=1S/C15H30N2O3/c1-8-15(6,7)16-13(20)11(2)17(14(3,4)5)10-9-12(18)19/h11H,8-10H2,1-7H3,(H,16,20)(H,18,19). The molecule has 1 unspecified atom stereocenters. The van der Waals surface area contributed by atoms with Crippen LogP contribution in [0.15, 0.2) is 0 Å². The van der Waals surface area contributed by atoms with Gasteiger partial charge in [-0.3, -0.25) is 14.5 Å². The minimum Gasteiger partial charge on any atom is -0.481 e. The normalized spacial score (nSPS) is 14.2. The molecular weight excluding hydrogens is 256 g/mol. The van der Waals surface area contributed by atoms with Crippen molar-refractivity contribution in [2.45, 2.75) is 78.4 Å². The Morgan fingerprint density at radius 3 is 2.05 bits per heavy atom. The van der Waals surface area contributed by atoms with Gasteiger partial charge in [-0.1, -0.05) is 6.92 Å². The third kappa shape index (κ3) is 6.37. The Kier molecular flexibility index (Phi) is 6.68. The molecule has 0 aromatic carbocycles. The molecule has 20 heavy (non-hydrogen) atoms. The van der Waals surface area contributed by atoms with E-state index in [-0.39, 0.29) is 29.4 Å². The Balaban J connectivity index is 4.90. The SMILES string of the molecule is CCC(C)(C)NC(=O)C(C)N(CCC(=O)O)C(C)(C)C. The zero-order valence-corrected chi connectivity index (χ0v) is 13.9. The first kappa shape index (κ1) is 18.9. The first-order chi connectivity index (χ1) is 8.90. The van der Waals surface area contributed by atoms with Crippen molar-refractivity contribution in [2.75, 3.05) is 6.54 Å². The number of hydrogen-bond acceptors (Lipinski definition) is 3. The first-order valence-corrected chi connectivity index (χ1v) is 7.21. The predicted octanol–water partition coefficient (Wildman–Crippen LogP) is 2.25. The van der Waals surface area contributed by atoms with E-state index in [0.29, 0.717) is 6.54 Å². The van der Waals surface area contributed by atoms with Crippen molar-refractivity contribution in [3.8, 4) is 0 Å². The summed E-state index contributed by atoms with van der Waals surface area (Å²) in [5, 5.41) is 11.9. The molecule has 0 aromatic heterocycles. The van der Waals surface area contributed by atoms with Gasteiger partial charge >= 0.3 is 5.97 Å². The molecule has 1 atom stereocenters. The third-order valence-electron chi connectivity index (χ3n) is 3.62. The summed E-state index contributed by atoms with van der Waals surface area (Å²) in [5.74, 6) is -0.905. The summed E-state index contributed by atoms with van der Waals surface area (Å²) in [6.45, 7) is 14.1. The Morgan fingerprint density at radius 1 is 1.20 bits per heavy atom. The molecule has 118 valence electrons. The lowest BCUT2D eigenvalue weighted by atomic mass is 9.99. The van der Waals surface area contributed by atoms with E-state index in [2.05, 4.69) is 5.32 Å². The van der Waals surface area contributed by atoms with Crippen molar-refractivity contribution in [3.05, 3.63) is 0 Å². The first-order valence-electron chi connectivity index (χ1n) is 7.21. The van der Waals surface area contributed by atoms with Gasteiger partial charge in [0.2, 0.25) is 5.91 Å². The highest BCUT2D eigenvalue weighted by atomic mass is 16.4. The number of nitrogens with one attached hydrogen (secondary N) is 1. The van der Waals surface area contributed by atoms with E-state index in [0.717, 1.165) is 6.42 Å². The van der Waals surface area contributed by atoms with Gasteiger partial charge in [-0.15, -0.1) is 0 Å². The van der Waals surface area contributed by atoms with Crippen LogP contribution in [0.2, 0.25) is 0 Å². The van der Waals surface area contributed by atoms with Crippen LogP contribution in [0.25, 0.3) is 0 Å². The van der Waals surface area contributed by atoms with Crippen LogP contribution in [-0.4, -0.2) is 45.5 Å². The smallest absolute Gasteiger partial charge is 0.304 e. The number of rotatable bonds is 7. The van der Waals surface area contributed by atoms with Crippen molar-refractivity contribution in [1.29, 1.82) is 0 Å². The maximum Gasteiger partial charge on any atom is 0.304 e. The van der Waals surface area contributed by atoms with Crippen molar-refractivity contribution in [3.63, 3.8) is 0 Å². The van der Waals surface area contributed by atoms with Crippen molar-refractivity contribution >= 4 is 11.9 Å². The highest BCUT2D eigenvalue weighted by molar-refractivity contribution is 5.82. The Bertz CT molecular complexity index is 346. The zero-order valence-electron chi connectivity index (χ0n) is 13.9. The zero-order chi connectivity index (χ0) is 16.1. The van der Waals surface area contributed by atoms with Gasteiger partial charge in [0, 0.05) is 17.6 Å². The molecule has 0 bridgehead atoms. The number of carboxylic acid groups (broad SMARTS) is 1. The molecule has 0 aliphatic rings. The van der Waals surface area contributed by atoms with Crippen LogP contribution in [0.4, 0.5) is 0 Å². The van der Waals surface area contributed by atoms with Crippen LogP contribution >= 0.6 is 0 Å². The molecule has 1 amide bonds. The monoisotopic (exact) mass is 286 g/mol. The van der Waals surface area contributed by atoms with E-state index in [9.17, 15) is 9.59 Å². The number of carbonyl (C=O) groups excluding carboxylic acids is 1. The fourth-order valence-electron chi connectivity index (χ4n) is 1.99. The number of carboxylic acids is 1. The molecule has 0 rings (SSSR count). The fourth-order valence-corrected chi connectivity index (χ4v) is 1.99. The van der Waals surface area contributed by atoms with Gasteiger partial charge in [-0.2, -0.15) is 0 Å². The maximum atomic E-state index is 12.4. The highest BCUT2D eigenvalue weighted by Crippen LogP contribution is 2.18. The lowest BCUT2D eigenvalue weighted by molar-refractivity contribution is -0.139. The second-order valence-corrected chi connectivity index (χ2v) is 6.91. The van der Waals surface area contributed by atoms with Gasteiger partial charge in [-0.05, 0) is 48.0 Å². The number of aliphatic carboxylic acids is 1. The second kappa shape index (κ2) is 7.07. The summed E-state index contributed by atoms with van der Waals surface area (Å²) in [7, 11) is 0. The summed E-state index contributed by atoms with van der Waals surface area (Å²) >= 11 is 0. The molecule has 5 heteroatoms. The predicted molar refractivity (Wildman–Crippen MR) is 80.7 cm³/mol. The van der Waals surface area contributed by atoms with Crippen molar-refractivity contribution < 1.29 is 14.7 Å². The molecule has 0 radical (unpaired) electrons. The quantitative estimate of drug-likeness (QED) is 0.753. The largest absolute Gasteiger partial charge is 0.481 e. The van der Waals surface area contributed by atoms with E-state index in [4.69, 9.17) is 5.11 Å². The molecule has 0 heterocycles. The third-order valence-corrected chi connectivity index (χ3v) is 3.62. The van der Waals surface area contributed by atoms with E-state index >= 15 is 0 Å². The molecule has 0 fully saturated rings. The summed E-state index contributed by atoms with van der Waals surface area (Å²) in [6.07, 6.45) is 0.877. The van der Waals surface area contributed by atoms with Gasteiger partial charge in [0.25, 0.3) is 0 Å². The minimum atomic E-state index is -0.847. The van der Waals surface area contributed by atoms with Crippen LogP contribution in [0.1, 0.15) is 61.3 Å². The molecule has 2 N–H and O–H groups in total. The molecule has 0 aromatic rings. The maximum absolute atomic E-state index is 12.4. The Hall–Kier alpha value is -1.10. The molecule has 0 aliphatic heterocycles. The average molecular weight is 286 g/mol.